The molecular weight excluding hydrogens is 336 g/mol. The largest absolute Gasteiger partial charge is 0.497 e. The van der Waals surface area contributed by atoms with Crippen molar-refractivity contribution < 1.29 is 28.5 Å². The van der Waals surface area contributed by atoms with Crippen LogP contribution in [0.25, 0.3) is 0 Å². The van der Waals surface area contributed by atoms with Gasteiger partial charge < -0.3 is 18.9 Å². The molecule has 1 aliphatic heterocycles. The summed E-state index contributed by atoms with van der Waals surface area (Å²) in [4.78, 5) is 24.5. The van der Waals surface area contributed by atoms with E-state index in [1.54, 1.807) is 37.4 Å². The molecule has 1 aliphatic rings. The summed E-state index contributed by atoms with van der Waals surface area (Å²) in [6.45, 7) is 0.172. The Morgan fingerprint density at radius 3 is 2.42 bits per heavy atom. The molecule has 0 saturated carbocycles. The molecule has 6 nitrogen and oxygen atoms in total. The van der Waals surface area contributed by atoms with Crippen molar-refractivity contribution in [2.45, 2.75) is 18.8 Å². The molecule has 0 saturated heterocycles. The maximum Gasteiger partial charge on any atom is 0.306 e. The summed E-state index contributed by atoms with van der Waals surface area (Å²) in [7, 11) is 2.91. The molecule has 0 bridgehead atoms. The maximum absolute atomic E-state index is 12.7. The van der Waals surface area contributed by atoms with Crippen LogP contribution in [0.2, 0.25) is 0 Å². The third kappa shape index (κ3) is 3.96. The van der Waals surface area contributed by atoms with Gasteiger partial charge in [-0.3, -0.25) is 9.59 Å². The Bertz CT molecular complexity index is 796. The number of carbonyl (C=O) groups excluding carboxylic acids is 2. The van der Waals surface area contributed by atoms with Crippen LogP contribution < -0.4 is 14.2 Å². The molecule has 2 aromatic rings. The van der Waals surface area contributed by atoms with Crippen LogP contribution in [0.1, 0.15) is 34.7 Å². The zero-order chi connectivity index (χ0) is 18.5. The average molecular weight is 356 g/mol. The van der Waals surface area contributed by atoms with Crippen molar-refractivity contribution in [1.82, 2.24) is 0 Å². The van der Waals surface area contributed by atoms with Gasteiger partial charge in [-0.1, -0.05) is 6.07 Å². The molecule has 0 amide bonds. The van der Waals surface area contributed by atoms with Crippen LogP contribution in [-0.2, 0) is 9.53 Å². The number of carbonyl (C=O) groups is 2. The Hall–Kier alpha value is -3.02. The van der Waals surface area contributed by atoms with Gasteiger partial charge in [0.1, 0.15) is 5.75 Å². The Kier molecular flexibility index (Phi) is 5.41. The molecule has 0 N–H and O–H groups in total. The normalized spacial score (nSPS) is 13.2. The molecule has 0 aliphatic carbocycles. The number of esters is 1. The minimum atomic E-state index is -0.366. The van der Waals surface area contributed by atoms with Crippen LogP contribution in [0, 0.1) is 0 Å². The number of hydrogen-bond donors (Lipinski definition) is 0. The first-order valence-corrected chi connectivity index (χ1v) is 8.24. The van der Waals surface area contributed by atoms with Gasteiger partial charge in [0.05, 0.1) is 20.6 Å². The van der Waals surface area contributed by atoms with Crippen LogP contribution in [0.5, 0.6) is 17.2 Å². The first kappa shape index (κ1) is 17.8. The van der Waals surface area contributed by atoms with E-state index >= 15 is 0 Å². The van der Waals surface area contributed by atoms with E-state index in [0.29, 0.717) is 22.8 Å². The first-order chi connectivity index (χ1) is 12.6. The number of Topliss-reactive ketones (excluding diaryl/α,β-unsaturated/α-hetero) is 1. The van der Waals surface area contributed by atoms with Crippen molar-refractivity contribution in [3.8, 4) is 17.2 Å². The SMILES string of the molecule is COC(=O)CC(CC(=O)c1ccc(OC)cc1)c1ccc2c(c1)OCO2. The molecule has 6 heteroatoms. The van der Waals surface area contributed by atoms with Gasteiger partial charge in [-0.25, -0.2) is 0 Å². The number of rotatable bonds is 7. The highest BCUT2D eigenvalue weighted by Crippen LogP contribution is 2.36. The third-order valence-corrected chi connectivity index (χ3v) is 4.35. The van der Waals surface area contributed by atoms with Gasteiger partial charge >= 0.3 is 5.97 Å². The lowest BCUT2D eigenvalue weighted by Crippen LogP contribution is -2.13. The highest BCUT2D eigenvalue weighted by Gasteiger charge is 2.23. The van der Waals surface area contributed by atoms with Crippen LogP contribution >= 0.6 is 0 Å². The zero-order valence-electron chi connectivity index (χ0n) is 14.7. The Balaban J connectivity index is 1.81. The second-order valence-electron chi connectivity index (χ2n) is 5.95. The summed E-state index contributed by atoms with van der Waals surface area (Å²) >= 11 is 0. The smallest absolute Gasteiger partial charge is 0.306 e. The van der Waals surface area contributed by atoms with E-state index in [1.807, 2.05) is 12.1 Å². The number of methoxy groups -OCH3 is 2. The van der Waals surface area contributed by atoms with Crippen molar-refractivity contribution in [1.29, 1.82) is 0 Å². The molecule has 1 atom stereocenters. The Morgan fingerprint density at radius 2 is 1.73 bits per heavy atom. The van der Waals surface area contributed by atoms with E-state index in [2.05, 4.69) is 0 Å². The molecule has 0 fully saturated rings. The lowest BCUT2D eigenvalue weighted by molar-refractivity contribution is -0.141. The van der Waals surface area contributed by atoms with Gasteiger partial charge in [0.2, 0.25) is 6.79 Å². The van der Waals surface area contributed by atoms with Gasteiger partial charge in [-0.2, -0.15) is 0 Å². The Labute approximate surface area is 151 Å². The van der Waals surface area contributed by atoms with Gasteiger partial charge in [0, 0.05) is 17.9 Å². The fourth-order valence-corrected chi connectivity index (χ4v) is 2.88. The minimum absolute atomic E-state index is 0.0563. The van der Waals surface area contributed by atoms with Gasteiger partial charge in [-0.05, 0) is 42.0 Å². The summed E-state index contributed by atoms with van der Waals surface area (Å²) in [6.07, 6.45) is 0.291. The van der Waals surface area contributed by atoms with Crippen molar-refractivity contribution in [2.75, 3.05) is 21.0 Å². The molecular formula is C20H20O6. The van der Waals surface area contributed by atoms with E-state index in [-0.39, 0.29) is 37.3 Å². The molecule has 0 radical (unpaired) electrons. The van der Waals surface area contributed by atoms with Gasteiger partial charge in [0.25, 0.3) is 0 Å². The lowest BCUT2D eigenvalue weighted by atomic mass is 9.88. The summed E-state index contributed by atoms with van der Waals surface area (Å²) < 4.78 is 20.6. The fourth-order valence-electron chi connectivity index (χ4n) is 2.88. The number of ether oxygens (including phenoxy) is 4. The number of hydrogen-bond acceptors (Lipinski definition) is 6. The predicted octanol–water partition coefficient (Wildman–Crippen LogP) is 3.34. The first-order valence-electron chi connectivity index (χ1n) is 8.24. The summed E-state index contributed by atoms with van der Waals surface area (Å²) in [5.41, 5.74) is 1.41. The van der Waals surface area contributed by atoms with Crippen LogP contribution in [0.15, 0.2) is 42.5 Å². The molecule has 0 aromatic heterocycles. The van der Waals surface area contributed by atoms with Crippen LogP contribution in [0.4, 0.5) is 0 Å². The van der Waals surface area contributed by atoms with Crippen molar-refractivity contribution in [2.24, 2.45) is 0 Å². The second kappa shape index (κ2) is 7.91. The van der Waals surface area contributed by atoms with E-state index < -0.39 is 0 Å². The van der Waals surface area contributed by atoms with Crippen LogP contribution in [0.3, 0.4) is 0 Å². The molecule has 26 heavy (non-hydrogen) atoms. The molecule has 1 heterocycles. The quantitative estimate of drug-likeness (QED) is 0.560. The Morgan fingerprint density at radius 1 is 1.00 bits per heavy atom. The maximum atomic E-state index is 12.7. The monoisotopic (exact) mass is 356 g/mol. The highest BCUT2D eigenvalue weighted by atomic mass is 16.7. The molecule has 136 valence electrons. The van der Waals surface area contributed by atoms with Gasteiger partial charge in [0.15, 0.2) is 17.3 Å². The van der Waals surface area contributed by atoms with E-state index in [9.17, 15) is 9.59 Å². The predicted molar refractivity (Wildman–Crippen MR) is 93.9 cm³/mol. The molecule has 0 spiro atoms. The summed E-state index contributed by atoms with van der Waals surface area (Å²) in [5.74, 6) is 1.23. The van der Waals surface area contributed by atoms with E-state index in [4.69, 9.17) is 18.9 Å². The summed E-state index contributed by atoms with van der Waals surface area (Å²) in [6, 6.07) is 12.4. The minimum Gasteiger partial charge on any atom is -0.497 e. The van der Waals surface area contributed by atoms with Gasteiger partial charge in [-0.15, -0.1) is 0 Å². The number of ketones is 1. The molecule has 2 aromatic carbocycles. The fraction of sp³-hybridized carbons (Fsp3) is 0.300. The second-order valence-corrected chi connectivity index (χ2v) is 5.95. The van der Waals surface area contributed by atoms with Crippen molar-refractivity contribution >= 4 is 11.8 Å². The average Bonchev–Trinajstić information content (AvgIpc) is 3.15. The molecule has 3 rings (SSSR count). The molecule has 1 unspecified atom stereocenters. The number of fused-ring (bicyclic) bond motifs is 1. The van der Waals surface area contributed by atoms with Crippen LogP contribution in [-0.4, -0.2) is 32.8 Å². The standard InChI is InChI=1S/C20H20O6/c1-23-16-6-3-13(4-7-16)17(21)9-15(11-20(22)24-2)14-5-8-18-19(10-14)26-12-25-18/h3-8,10,15H,9,11-12H2,1-2H3. The van der Waals surface area contributed by atoms with E-state index in [0.717, 1.165) is 5.56 Å². The zero-order valence-corrected chi connectivity index (χ0v) is 14.7. The number of benzene rings is 2. The third-order valence-electron chi connectivity index (χ3n) is 4.35. The summed E-state index contributed by atoms with van der Waals surface area (Å²) in [5, 5.41) is 0. The van der Waals surface area contributed by atoms with Crippen molar-refractivity contribution in [3.05, 3.63) is 53.6 Å². The lowest BCUT2D eigenvalue weighted by Gasteiger charge is -2.16. The van der Waals surface area contributed by atoms with E-state index in [1.165, 1.54) is 7.11 Å². The van der Waals surface area contributed by atoms with Crippen molar-refractivity contribution in [3.63, 3.8) is 0 Å². The topological polar surface area (TPSA) is 71.1 Å². The highest BCUT2D eigenvalue weighted by molar-refractivity contribution is 5.97.